The molecular formula is C22H26O5S. The van der Waals surface area contributed by atoms with Gasteiger partial charge in [-0.1, -0.05) is 39.8 Å². The zero-order valence-corrected chi connectivity index (χ0v) is 17.6. The Morgan fingerprint density at radius 2 is 1.61 bits per heavy atom. The Labute approximate surface area is 170 Å². The molecule has 0 fully saturated rings. The van der Waals surface area contributed by atoms with Crippen LogP contribution in [0.15, 0.2) is 36.4 Å². The zero-order chi connectivity index (χ0) is 20.8. The molecule has 0 saturated carbocycles. The van der Waals surface area contributed by atoms with Gasteiger partial charge in [0.2, 0.25) is 0 Å². The fraction of sp³-hybridized carbons (Fsp3) is 0.364. The maximum Gasteiger partial charge on any atom is 0.350 e. The molecule has 0 radical (unpaired) electrons. The minimum Gasteiger partial charge on any atom is -0.497 e. The molecular weight excluding hydrogens is 376 g/mol. The number of carbonyl (C=O) groups excluding carboxylic acids is 1. The van der Waals surface area contributed by atoms with Crippen LogP contribution in [-0.4, -0.2) is 24.2 Å². The fourth-order valence-corrected chi connectivity index (χ4v) is 3.77. The van der Waals surface area contributed by atoms with E-state index in [0.29, 0.717) is 16.9 Å². The van der Waals surface area contributed by atoms with Crippen molar-refractivity contribution >= 4 is 24.0 Å². The number of ether oxygens (including phenoxy) is 1. The molecule has 0 bridgehead atoms. The van der Waals surface area contributed by atoms with Crippen LogP contribution in [0.4, 0.5) is 0 Å². The second-order valence-electron chi connectivity index (χ2n) is 7.09. The molecule has 2 aromatic carbocycles. The van der Waals surface area contributed by atoms with Gasteiger partial charge in [0.05, 0.1) is 36.0 Å². The molecule has 0 spiro atoms. The van der Waals surface area contributed by atoms with Gasteiger partial charge in [-0.3, -0.25) is 0 Å². The van der Waals surface area contributed by atoms with Crippen LogP contribution in [0.5, 0.6) is 5.75 Å². The standard InChI is InChI=1S/C22H26O5S/c1-13(2)19-17(21(23)24)9-10-18(20(19)14(3)4)22(25)27-28-12-15-7-6-8-16(11-15)26-5/h6-11,13-14H,12H2,1-5H3,(H,23,24). The average molecular weight is 403 g/mol. The minimum atomic E-state index is -0.988. The number of carboxylic acid groups (broad SMARTS) is 1. The van der Waals surface area contributed by atoms with Crippen molar-refractivity contribution in [2.75, 3.05) is 7.11 Å². The molecule has 0 unspecified atom stereocenters. The Morgan fingerprint density at radius 3 is 2.18 bits per heavy atom. The van der Waals surface area contributed by atoms with E-state index in [1.807, 2.05) is 52.0 Å². The number of methoxy groups -OCH3 is 1. The number of carboxylic acids is 1. The summed E-state index contributed by atoms with van der Waals surface area (Å²) in [7, 11) is 1.60. The van der Waals surface area contributed by atoms with E-state index in [-0.39, 0.29) is 17.4 Å². The van der Waals surface area contributed by atoms with Gasteiger partial charge in [0.25, 0.3) is 0 Å². The van der Waals surface area contributed by atoms with Crippen molar-refractivity contribution < 1.29 is 23.6 Å². The van der Waals surface area contributed by atoms with Crippen LogP contribution in [0.1, 0.15) is 76.9 Å². The van der Waals surface area contributed by atoms with E-state index >= 15 is 0 Å². The van der Waals surface area contributed by atoms with Gasteiger partial charge < -0.3 is 14.0 Å². The monoisotopic (exact) mass is 402 g/mol. The minimum absolute atomic E-state index is 0.0114. The lowest BCUT2D eigenvalue weighted by Gasteiger charge is -2.21. The summed E-state index contributed by atoms with van der Waals surface area (Å²) >= 11 is 1.05. The SMILES string of the molecule is COc1cccc(CSOC(=O)c2ccc(C(=O)O)c(C(C)C)c2C(C)C)c1. The molecule has 0 aliphatic rings. The van der Waals surface area contributed by atoms with Crippen molar-refractivity contribution in [3.8, 4) is 5.75 Å². The summed E-state index contributed by atoms with van der Waals surface area (Å²) in [6.07, 6.45) is 0. The maximum absolute atomic E-state index is 12.7. The average Bonchev–Trinajstić information content (AvgIpc) is 2.66. The third-order valence-corrected chi connectivity index (χ3v) is 5.11. The van der Waals surface area contributed by atoms with E-state index < -0.39 is 11.9 Å². The topological polar surface area (TPSA) is 72.8 Å². The molecule has 28 heavy (non-hydrogen) atoms. The highest BCUT2D eigenvalue weighted by Crippen LogP contribution is 2.33. The second-order valence-corrected chi connectivity index (χ2v) is 7.78. The Hall–Kier alpha value is -2.47. The predicted molar refractivity (Wildman–Crippen MR) is 111 cm³/mol. The number of rotatable bonds is 8. The number of benzene rings is 2. The number of hydrogen-bond acceptors (Lipinski definition) is 5. The first-order valence-corrected chi connectivity index (χ1v) is 10.0. The summed E-state index contributed by atoms with van der Waals surface area (Å²) in [5.74, 6) is -0.251. The van der Waals surface area contributed by atoms with E-state index in [1.54, 1.807) is 13.2 Å². The summed E-state index contributed by atoms with van der Waals surface area (Å²) in [5, 5.41) is 9.53. The molecule has 6 heteroatoms. The van der Waals surface area contributed by atoms with Crippen molar-refractivity contribution in [1.29, 1.82) is 0 Å². The summed E-state index contributed by atoms with van der Waals surface area (Å²) in [6, 6.07) is 10.6. The first-order chi connectivity index (χ1) is 13.3. The molecule has 0 amide bonds. The van der Waals surface area contributed by atoms with Gasteiger partial charge >= 0.3 is 11.9 Å². The first-order valence-electron chi connectivity index (χ1n) is 9.13. The molecule has 150 valence electrons. The largest absolute Gasteiger partial charge is 0.497 e. The van der Waals surface area contributed by atoms with Gasteiger partial charge in [0, 0.05) is 0 Å². The van der Waals surface area contributed by atoms with Gasteiger partial charge in [0.1, 0.15) is 5.75 Å². The van der Waals surface area contributed by atoms with Gasteiger partial charge in [-0.25, -0.2) is 9.59 Å². The lowest BCUT2D eigenvalue weighted by atomic mass is 9.83. The van der Waals surface area contributed by atoms with E-state index in [4.69, 9.17) is 8.92 Å². The highest BCUT2D eigenvalue weighted by atomic mass is 32.2. The predicted octanol–water partition coefficient (Wildman–Crippen LogP) is 5.65. The number of aromatic carboxylic acids is 1. The summed E-state index contributed by atoms with van der Waals surface area (Å²) in [6.45, 7) is 7.76. The van der Waals surface area contributed by atoms with Gasteiger partial charge in [-0.05, 0) is 52.8 Å². The van der Waals surface area contributed by atoms with Crippen LogP contribution >= 0.6 is 12.0 Å². The second kappa shape index (κ2) is 9.64. The van der Waals surface area contributed by atoms with Crippen LogP contribution in [0.3, 0.4) is 0 Å². The Morgan fingerprint density at radius 1 is 1.00 bits per heavy atom. The molecule has 5 nitrogen and oxygen atoms in total. The molecule has 1 N–H and O–H groups in total. The van der Waals surface area contributed by atoms with Crippen molar-refractivity contribution in [3.63, 3.8) is 0 Å². The van der Waals surface area contributed by atoms with Gasteiger partial charge in [-0.15, -0.1) is 0 Å². The number of carbonyl (C=O) groups is 2. The summed E-state index contributed by atoms with van der Waals surface area (Å²) < 4.78 is 10.6. The van der Waals surface area contributed by atoms with Crippen LogP contribution in [0.25, 0.3) is 0 Å². The molecule has 0 atom stereocenters. The molecule has 0 aliphatic carbocycles. The van der Waals surface area contributed by atoms with Crippen LogP contribution < -0.4 is 4.74 Å². The van der Waals surface area contributed by atoms with Gasteiger partial charge in [-0.2, -0.15) is 0 Å². The zero-order valence-electron chi connectivity index (χ0n) is 16.8. The molecule has 2 aromatic rings. The lowest BCUT2D eigenvalue weighted by molar-refractivity contribution is 0.0691. The smallest absolute Gasteiger partial charge is 0.350 e. The number of hydrogen-bond donors (Lipinski definition) is 1. The van der Waals surface area contributed by atoms with E-state index in [2.05, 4.69) is 0 Å². The summed E-state index contributed by atoms with van der Waals surface area (Å²) in [5.41, 5.74) is 3.06. The third-order valence-electron chi connectivity index (χ3n) is 4.39. The Bertz CT molecular complexity index is 858. The molecule has 0 aliphatic heterocycles. The third kappa shape index (κ3) is 5.07. The van der Waals surface area contributed by atoms with Crippen LogP contribution in [0, 0.1) is 0 Å². The Balaban J connectivity index is 2.24. The maximum atomic E-state index is 12.7. The molecule has 2 rings (SSSR count). The van der Waals surface area contributed by atoms with Gasteiger partial charge in [0.15, 0.2) is 0 Å². The highest BCUT2D eigenvalue weighted by Gasteiger charge is 2.25. The summed E-state index contributed by atoms with van der Waals surface area (Å²) in [4.78, 5) is 24.4. The highest BCUT2D eigenvalue weighted by molar-refractivity contribution is 7.94. The fourth-order valence-electron chi connectivity index (χ4n) is 3.20. The molecule has 0 saturated heterocycles. The first kappa shape index (κ1) is 21.8. The molecule has 0 heterocycles. The van der Waals surface area contributed by atoms with Crippen molar-refractivity contribution in [2.24, 2.45) is 0 Å². The van der Waals surface area contributed by atoms with Crippen LogP contribution in [0.2, 0.25) is 0 Å². The normalized spacial score (nSPS) is 11.0. The van der Waals surface area contributed by atoms with E-state index in [9.17, 15) is 14.7 Å². The van der Waals surface area contributed by atoms with E-state index in [0.717, 1.165) is 28.9 Å². The van der Waals surface area contributed by atoms with Crippen LogP contribution in [-0.2, 0) is 9.94 Å². The van der Waals surface area contributed by atoms with Crippen molar-refractivity contribution in [2.45, 2.75) is 45.3 Å². The van der Waals surface area contributed by atoms with Crippen molar-refractivity contribution in [1.82, 2.24) is 0 Å². The quantitative estimate of drug-likeness (QED) is 0.576. The van der Waals surface area contributed by atoms with E-state index in [1.165, 1.54) is 6.07 Å². The van der Waals surface area contributed by atoms with Crippen molar-refractivity contribution in [3.05, 3.63) is 64.2 Å². The lowest BCUT2D eigenvalue weighted by Crippen LogP contribution is -2.14. The Kier molecular flexibility index (Phi) is 7.52. The molecule has 0 aromatic heterocycles.